The first-order valence-corrected chi connectivity index (χ1v) is 11.4. The summed E-state index contributed by atoms with van der Waals surface area (Å²) in [6.45, 7) is 3.17. The monoisotopic (exact) mass is 417 g/mol. The van der Waals surface area contributed by atoms with Crippen LogP contribution in [-0.4, -0.2) is 26.4 Å². The highest BCUT2D eigenvalue weighted by atomic mass is 16.5. The number of fused-ring (bicyclic) bond motifs is 2. The lowest BCUT2D eigenvalue weighted by atomic mass is 9.84. The van der Waals surface area contributed by atoms with Gasteiger partial charge >= 0.3 is 0 Å². The summed E-state index contributed by atoms with van der Waals surface area (Å²) >= 11 is 0. The zero-order valence-corrected chi connectivity index (χ0v) is 18.7. The van der Waals surface area contributed by atoms with Crippen LogP contribution in [0.15, 0.2) is 54.6 Å². The van der Waals surface area contributed by atoms with Gasteiger partial charge in [0, 0.05) is 24.2 Å². The summed E-state index contributed by atoms with van der Waals surface area (Å²) in [5.41, 5.74) is 2.31. The smallest absolute Gasteiger partial charge is 0.203 e. The van der Waals surface area contributed by atoms with Crippen LogP contribution in [0.5, 0.6) is 17.2 Å². The van der Waals surface area contributed by atoms with Crippen molar-refractivity contribution in [3.63, 3.8) is 0 Å². The quantitative estimate of drug-likeness (QED) is 0.473. The van der Waals surface area contributed by atoms with E-state index in [9.17, 15) is 0 Å². The van der Waals surface area contributed by atoms with E-state index in [4.69, 9.17) is 14.2 Å². The number of methoxy groups -OCH3 is 2. The number of ether oxygens (including phenoxy) is 3. The predicted molar refractivity (Wildman–Crippen MR) is 126 cm³/mol. The van der Waals surface area contributed by atoms with Crippen molar-refractivity contribution in [3.8, 4) is 17.2 Å². The van der Waals surface area contributed by atoms with Crippen LogP contribution in [0, 0.1) is 0 Å². The third-order valence-corrected chi connectivity index (χ3v) is 7.07. The minimum absolute atomic E-state index is 0.123. The van der Waals surface area contributed by atoms with E-state index in [1.54, 1.807) is 14.2 Å². The summed E-state index contributed by atoms with van der Waals surface area (Å²) in [6, 6.07) is 19.8. The third-order valence-electron chi connectivity index (χ3n) is 7.07. The molecule has 0 N–H and O–H groups in total. The number of hydrogen-bond acceptors (Lipinski definition) is 4. The minimum atomic E-state index is -0.123. The molecule has 2 aliphatic rings. The Balaban J connectivity index is 1.64. The molecule has 3 aromatic carbocycles. The Morgan fingerprint density at radius 2 is 1.74 bits per heavy atom. The van der Waals surface area contributed by atoms with Crippen LogP contribution >= 0.6 is 0 Å². The zero-order chi connectivity index (χ0) is 21.4. The van der Waals surface area contributed by atoms with Crippen molar-refractivity contribution in [2.24, 2.45) is 0 Å². The molecule has 4 heteroatoms. The third kappa shape index (κ3) is 3.38. The molecular weight excluding hydrogens is 386 g/mol. The fraction of sp³-hybridized carbons (Fsp3) is 0.407. The summed E-state index contributed by atoms with van der Waals surface area (Å²) in [7, 11) is 3.39. The van der Waals surface area contributed by atoms with Crippen LogP contribution in [0.25, 0.3) is 10.8 Å². The summed E-state index contributed by atoms with van der Waals surface area (Å²) in [5, 5.41) is 2.54. The maximum Gasteiger partial charge on any atom is 0.203 e. The van der Waals surface area contributed by atoms with Crippen molar-refractivity contribution in [2.75, 3.05) is 25.7 Å². The van der Waals surface area contributed by atoms with E-state index < -0.39 is 0 Å². The number of nitrogens with zero attached hydrogens (tertiary/aromatic N) is 1. The van der Waals surface area contributed by atoms with E-state index in [1.165, 1.54) is 34.9 Å². The van der Waals surface area contributed by atoms with Crippen molar-refractivity contribution in [1.82, 2.24) is 0 Å². The molecule has 0 saturated heterocycles. The van der Waals surface area contributed by atoms with Crippen LogP contribution in [0.3, 0.4) is 0 Å². The van der Waals surface area contributed by atoms with Gasteiger partial charge in [-0.1, -0.05) is 30.3 Å². The molecule has 1 saturated carbocycles. The van der Waals surface area contributed by atoms with Gasteiger partial charge in [-0.25, -0.2) is 0 Å². The molecule has 1 heterocycles. The molecule has 0 bridgehead atoms. The molecule has 31 heavy (non-hydrogen) atoms. The fourth-order valence-corrected chi connectivity index (χ4v) is 5.54. The molecular formula is C27H31NO3. The van der Waals surface area contributed by atoms with Gasteiger partial charge < -0.3 is 19.1 Å². The molecule has 0 radical (unpaired) electrons. The summed E-state index contributed by atoms with van der Waals surface area (Å²) < 4.78 is 18.1. The topological polar surface area (TPSA) is 30.9 Å². The molecule has 1 atom stereocenters. The molecule has 162 valence electrons. The normalized spacial score (nSPS) is 19.1. The molecule has 1 aliphatic heterocycles. The van der Waals surface area contributed by atoms with Crippen LogP contribution in [0.2, 0.25) is 0 Å². The first kappa shape index (κ1) is 20.0. The molecule has 1 fully saturated rings. The van der Waals surface area contributed by atoms with Crippen LogP contribution in [0.4, 0.5) is 5.69 Å². The second-order valence-corrected chi connectivity index (χ2v) is 8.75. The molecule has 1 spiro atoms. The van der Waals surface area contributed by atoms with Gasteiger partial charge in [0.25, 0.3) is 0 Å². The Morgan fingerprint density at radius 3 is 2.45 bits per heavy atom. The SMILES string of the molecule is CCN(c1ccc2ccccc2c1)C1CC2(CCCC2)Oc2c1ccc(OC)c2OC. The lowest BCUT2D eigenvalue weighted by molar-refractivity contribution is 0.0377. The Kier molecular flexibility index (Phi) is 5.17. The molecule has 5 rings (SSSR count). The van der Waals surface area contributed by atoms with E-state index >= 15 is 0 Å². The number of anilines is 1. The second-order valence-electron chi connectivity index (χ2n) is 8.75. The van der Waals surface area contributed by atoms with E-state index in [0.29, 0.717) is 5.75 Å². The van der Waals surface area contributed by atoms with Gasteiger partial charge in [0.2, 0.25) is 5.75 Å². The average molecular weight is 418 g/mol. The Labute approximate surface area is 184 Å². The summed E-state index contributed by atoms with van der Waals surface area (Å²) in [5.74, 6) is 2.30. The lowest BCUT2D eigenvalue weighted by Crippen LogP contribution is -2.44. The minimum Gasteiger partial charge on any atom is -0.493 e. The van der Waals surface area contributed by atoms with Crippen molar-refractivity contribution >= 4 is 16.5 Å². The zero-order valence-electron chi connectivity index (χ0n) is 18.7. The number of rotatable bonds is 5. The first-order chi connectivity index (χ1) is 15.2. The van der Waals surface area contributed by atoms with E-state index in [0.717, 1.165) is 37.3 Å². The highest BCUT2D eigenvalue weighted by molar-refractivity contribution is 5.86. The van der Waals surface area contributed by atoms with Gasteiger partial charge in [-0.3, -0.25) is 0 Å². The lowest BCUT2D eigenvalue weighted by Gasteiger charge is -2.45. The summed E-state index contributed by atoms with van der Waals surface area (Å²) in [6.07, 6.45) is 5.63. The van der Waals surface area contributed by atoms with E-state index in [2.05, 4.69) is 60.4 Å². The molecule has 1 aliphatic carbocycles. The molecule has 0 amide bonds. The standard InChI is InChI=1S/C27H31NO3/c1-4-28(21-12-11-19-9-5-6-10-20(19)17-21)23-18-27(15-7-8-16-27)31-25-22(23)13-14-24(29-2)26(25)30-3/h5-6,9-14,17,23H,4,7-8,15-16,18H2,1-3H3. The van der Waals surface area contributed by atoms with E-state index in [1.807, 2.05) is 6.07 Å². The predicted octanol–water partition coefficient (Wildman–Crippen LogP) is 6.52. The Bertz CT molecular complexity index is 1090. The Morgan fingerprint density at radius 1 is 0.968 bits per heavy atom. The molecule has 3 aromatic rings. The van der Waals surface area contributed by atoms with Crippen molar-refractivity contribution in [2.45, 2.75) is 50.7 Å². The van der Waals surface area contributed by atoms with Gasteiger partial charge in [-0.2, -0.15) is 0 Å². The second kappa shape index (κ2) is 7.99. The van der Waals surface area contributed by atoms with Crippen molar-refractivity contribution in [3.05, 3.63) is 60.2 Å². The van der Waals surface area contributed by atoms with Crippen LogP contribution in [0.1, 0.15) is 50.6 Å². The van der Waals surface area contributed by atoms with Gasteiger partial charge in [-0.15, -0.1) is 0 Å². The fourth-order valence-electron chi connectivity index (χ4n) is 5.54. The summed E-state index contributed by atoms with van der Waals surface area (Å²) in [4.78, 5) is 2.53. The Hall–Kier alpha value is -2.88. The van der Waals surface area contributed by atoms with Crippen LogP contribution < -0.4 is 19.1 Å². The van der Waals surface area contributed by atoms with Crippen LogP contribution in [-0.2, 0) is 0 Å². The highest BCUT2D eigenvalue weighted by Crippen LogP contribution is 2.54. The van der Waals surface area contributed by atoms with Crippen molar-refractivity contribution in [1.29, 1.82) is 0 Å². The van der Waals surface area contributed by atoms with Gasteiger partial charge in [-0.05, 0) is 67.6 Å². The molecule has 1 unspecified atom stereocenters. The first-order valence-electron chi connectivity index (χ1n) is 11.4. The number of hydrogen-bond donors (Lipinski definition) is 0. The molecule has 0 aromatic heterocycles. The van der Waals surface area contributed by atoms with Gasteiger partial charge in [0.05, 0.1) is 20.3 Å². The van der Waals surface area contributed by atoms with Gasteiger partial charge in [0.15, 0.2) is 11.5 Å². The van der Waals surface area contributed by atoms with Gasteiger partial charge in [0.1, 0.15) is 5.60 Å². The maximum absolute atomic E-state index is 6.74. The van der Waals surface area contributed by atoms with Crippen molar-refractivity contribution < 1.29 is 14.2 Å². The average Bonchev–Trinajstić information content (AvgIpc) is 3.25. The highest BCUT2D eigenvalue weighted by Gasteiger charge is 2.46. The molecule has 4 nitrogen and oxygen atoms in total. The van der Waals surface area contributed by atoms with E-state index in [-0.39, 0.29) is 11.6 Å². The maximum atomic E-state index is 6.74. The largest absolute Gasteiger partial charge is 0.493 e. The number of benzene rings is 3.